The van der Waals surface area contributed by atoms with E-state index in [0.717, 1.165) is 43.1 Å². The topological polar surface area (TPSA) is 222 Å². The highest BCUT2D eigenvalue weighted by Crippen LogP contribution is 2.31. The molecule has 268 valence electrons. The van der Waals surface area contributed by atoms with Gasteiger partial charge in [0.05, 0.1) is 17.7 Å². The van der Waals surface area contributed by atoms with E-state index in [-0.39, 0.29) is 37.0 Å². The number of aliphatic carboxylic acids is 1. The van der Waals surface area contributed by atoms with E-state index >= 15 is 0 Å². The molecule has 4 rings (SSSR count). The molecule has 0 unspecified atom stereocenters. The molecule has 2 aliphatic rings. The summed E-state index contributed by atoms with van der Waals surface area (Å²) in [6.07, 6.45) is 0.794. The predicted molar refractivity (Wildman–Crippen MR) is 182 cm³/mol. The van der Waals surface area contributed by atoms with Gasteiger partial charge < -0.3 is 41.8 Å². The fourth-order valence-corrected chi connectivity index (χ4v) is 7.05. The smallest absolute Gasteiger partial charge is 0.327 e. The molecule has 1 fully saturated rings. The van der Waals surface area contributed by atoms with E-state index in [0.29, 0.717) is 16.1 Å². The van der Waals surface area contributed by atoms with Crippen LogP contribution in [0.4, 0.5) is 0 Å². The minimum atomic E-state index is -1.52. The zero-order chi connectivity index (χ0) is 35.8. The lowest BCUT2D eigenvalue weighted by atomic mass is 10.0. The first kappa shape index (κ1) is 37.7. The van der Waals surface area contributed by atoms with Gasteiger partial charge in [-0.3, -0.25) is 28.9 Å². The van der Waals surface area contributed by atoms with Gasteiger partial charge in [-0.2, -0.15) is 0 Å². The lowest BCUT2D eigenvalue weighted by molar-refractivity contribution is -0.142. The number of aliphatic hydroxyl groups excluding tert-OH is 1. The Bertz CT molecular complexity index is 1540. The third-order valence-electron chi connectivity index (χ3n) is 8.56. The van der Waals surface area contributed by atoms with E-state index in [1.807, 2.05) is 43.0 Å². The number of rotatable bonds is 7. The first-order chi connectivity index (χ1) is 23.2. The van der Waals surface area contributed by atoms with Crippen LogP contribution in [-0.4, -0.2) is 117 Å². The molecule has 2 aliphatic heterocycles. The Balaban J connectivity index is 1.75. The van der Waals surface area contributed by atoms with Gasteiger partial charge in [0.25, 0.3) is 0 Å². The molecule has 2 aromatic rings. The van der Waals surface area contributed by atoms with Crippen LogP contribution in [-0.2, 0) is 35.2 Å². The maximum absolute atomic E-state index is 14.1. The molecule has 0 aliphatic carbocycles. The molecular formula is C33H47N7O8S. The second kappa shape index (κ2) is 17.0. The van der Waals surface area contributed by atoms with Crippen molar-refractivity contribution in [1.82, 2.24) is 36.5 Å². The highest BCUT2D eigenvalue weighted by Gasteiger charge is 2.34. The summed E-state index contributed by atoms with van der Waals surface area (Å²) in [6, 6.07) is 1.00. The molecule has 1 saturated heterocycles. The third kappa shape index (κ3) is 10.2. The summed E-state index contributed by atoms with van der Waals surface area (Å²) in [5.41, 5.74) is 1.36. The summed E-state index contributed by atoms with van der Waals surface area (Å²) in [7, 11) is 0. The Morgan fingerprint density at radius 3 is 2.31 bits per heavy atom. The number of carbonyl (C=O) groups excluding carboxylic acids is 5. The fourth-order valence-electron chi connectivity index (χ4n) is 5.94. The number of hydrogen-bond donors (Lipinski definition) is 8. The highest BCUT2D eigenvalue weighted by atomic mass is 32.2. The van der Waals surface area contributed by atoms with Gasteiger partial charge in [0, 0.05) is 23.1 Å². The summed E-state index contributed by atoms with van der Waals surface area (Å²) in [5, 5.41) is 34.7. The first-order valence-corrected chi connectivity index (χ1v) is 17.6. The molecular weight excluding hydrogens is 654 g/mol. The van der Waals surface area contributed by atoms with Crippen molar-refractivity contribution in [3.8, 4) is 0 Å². The first-order valence-electron chi connectivity index (χ1n) is 16.6. The number of likely N-dealkylation sites (tertiary alicyclic amines) is 1. The Hall–Kier alpha value is -4.15. The number of nitrogens with zero attached hydrogens (tertiary/aromatic N) is 1. The van der Waals surface area contributed by atoms with E-state index in [1.54, 1.807) is 0 Å². The highest BCUT2D eigenvalue weighted by molar-refractivity contribution is 7.99. The summed E-state index contributed by atoms with van der Waals surface area (Å²) >= 11 is 1.11. The average Bonchev–Trinajstić information content (AvgIpc) is 3.67. The van der Waals surface area contributed by atoms with Crippen LogP contribution >= 0.6 is 11.8 Å². The van der Waals surface area contributed by atoms with Crippen molar-refractivity contribution < 1.29 is 39.0 Å². The zero-order valence-electron chi connectivity index (χ0n) is 28.2. The van der Waals surface area contributed by atoms with Crippen LogP contribution in [0.3, 0.4) is 0 Å². The zero-order valence-corrected chi connectivity index (χ0v) is 29.0. The number of nitrogens with one attached hydrogen (secondary N) is 6. The number of carboxylic acid groups (broad SMARTS) is 1. The minimum Gasteiger partial charge on any atom is -0.480 e. The number of amides is 5. The number of aromatic amines is 1. The van der Waals surface area contributed by atoms with E-state index in [1.165, 1.54) is 13.8 Å². The fraction of sp³-hybridized carbons (Fsp3) is 0.576. The van der Waals surface area contributed by atoms with Crippen LogP contribution < -0.4 is 26.6 Å². The number of aromatic nitrogens is 1. The van der Waals surface area contributed by atoms with Gasteiger partial charge in [-0.15, -0.1) is 11.8 Å². The molecule has 8 N–H and O–H groups in total. The monoisotopic (exact) mass is 701 g/mol. The predicted octanol–water partition coefficient (Wildman–Crippen LogP) is -0.133. The molecule has 49 heavy (non-hydrogen) atoms. The molecule has 5 amide bonds. The SMILES string of the molecule is CC(C)C[C@@H]1NC(=O)[C@@H](NC(=O)CN2CCCC2)Cc2c([nH]c3ccccc23)SC[C@@H](C(=O)O)NC(=O)[C@H]([C@@H](C)O)NC(=O)[C@@H](C)NC1=O. The van der Waals surface area contributed by atoms with Crippen LogP contribution in [0, 0.1) is 5.92 Å². The molecule has 0 spiro atoms. The van der Waals surface area contributed by atoms with Crippen molar-refractivity contribution in [2.24, 2.45) is 5.92 Å². The average molecular weight is 702 g/mol. The van der Waals surface area contributed by atoms with E-state index in [2.05, 4.69) is 31.6 Å². The van der Waals surface area contributed by atoms with Crippen LogP contribution in [0.25, 0.3) is 10.9 Å². The molecule has 1 aromatic heterocycles. The quantitative estimate of drug-likeness (QED) is 0.191. The second-order valence-electron chi connectivity index (χ2n) is 13.1. The molecule has 0 bridgehead atoms. The van der Waals surface area contributed by atoms with Crippen molar-refractivity contribution in [3.63, 3.8) is 0 Å². The van der Waals surface area contributed by atoms with Crippen molar-refractivity contribution in [2.75, 3.05) is 25.4 Å². The van der Waals surface area contributed by atoms with Gasteiger partial charge in [-0.25, -0.2) is 4.79 Å². The van der Waals surface area contributed by atoms with Crippen LogP contribution in [0.1, 0.15) is 52.5 Å². The summed E-state index contributed by atoms with van der Waals surface area (Å²) < 4.78 is 0. The van der Waals surface area contributed by atoms with Crippen molar-refractivity contribution >= 4 is 58.2 Å². The summed E-state index contributed by atoms with van der Waals surface area (Å²) in [4.78, 5) is 84.7. The Kier molecular flexibility index (Phi) is 13.1. The molecule has 0 saturated carbocycles. The number of benzene rings is 1. The molecule has 6 atom stereocenters. The van der Waals surface area contributed by atoms with Crippen molar-refractivity contribution in [3.05, 3.63) is 29.8 Å². The molecule has 15 nitrogen and oxygen atoms in total. The number of aliphatic hydroxyl groups is 1. The van der Waals surface area contributed by atoms with Gasteiger partial charge in [0.2, 0.25) is 29.5 Å². The number of carbonyl (C=O) groups is 6. The standard InChI is InChI=1S/C33H47N7O8S/c1-17(2)13-23-29(44)34-18(3)28(43)39-27(19(4)41)31(46)37-25(33(47)48)16-49-32-21(20-9-5-6-10-22(20)38-32)14-24(30(45)36-23)35-26(42)15-40-11-7-8-12-40/h5-6,9-10,17-19,23-25,27,38,41H,7-8,11-16H2,1-4H3,(H,34,44)(H,35,42)(H,36,45)(H,37,46)(H,39,43)(H,47,48)/t18-,19-,23+,24+,25+,27+/m1/s1. The number of para-hydroxylation sites is 1. The van der Waals surface area contributed by atoms with E-state index in [4.69, 9.17) is 0 Å². The summed E-state index contributed by atoms with van der Waals surface area (Å²) in [5.74, 6) is -4.85. The lowest BCUT2D eigenvalue weighted by Crippen LogP contribution is -2.60. The molecule has 0 radical (unpaired) electrons. The largest absolute Gasteiger partial charge is 0.480 e. The minimum absolute atomic E-state index is 0.00689. The van der Waals surface area contributed by atoms with Gasteiger partial charge in [-0.1, -0.05) is 32.0 Å². The summed E-state index contributed by atoms with van der Waals surface area (Å²) in [6.45, 7) is 8.06. The number of hydrogen-bond acceptors (Lipinski definition) is 9. The maximum atomic E-state index is 14.1. The number of fused-ring (bicyclic) bond motifs is 3. The van der Waals surface area contributed by atoms with Gasteiger partial charge in [0.15, 0.2) is 0 Å². The molecule has 3 heterocycles. The normalized spacial score (nSPS) is 25.7. The molecule has 1 aromatic carbocycles. The van der Waals surface area contributed by atoms with Gasteiger partial charge in [0.1, 0.15) is 30.2 Å². The van der Waals surface area contributed by atoms with Crippen molar-refractivity contribution in [1.29, 1.82) is 0 Å². The number of carboxylic acids is 1. The van der Waals surface area contributed by atoms with E-state index in [9.17, 15) is 39.0 Å². The third-order valence-corrected chi connectivity index (χ3v) is 9.70. The maximum Gasteiger partial charge on any atom is 0.327 e. The van der Waals surface area contributed by atoms with Gasteiger partial charge >= 0.3 is 5.97 Å². The van der Waals surface area contributed by atoms with Crippen LogP contribution in [0.2, 0.25) is 0 Å². The van der Waals surface area contributed by atoms with Crippen LogP contribution in [0.5, 0.6) is 0 Å². The van der Waals surface area contributed by atoms with E-state index < -0.39 is 65.9 Å². The number of H-pyrrole nitrogens is 1. The Morgan fingerprint density at radius 1 is 0.959 bits per heavy atom. The Morgan fingerprint density at radius 2 is 1.65 bits per heavy atom. The second-order valence-corrected chi connectivity index (χ2v) is 14.2. The van der Waals surface area contributed by atoms with Crippen LogP contribution in [0.15, 0.2) is 29.3 Å². The molecule has 16 heteroatoms. The van der Waals surface area contributed by atoms with Crippen molar-refractivity contribution in [2.45, 2.75) is 94.7 Å². The lowest BCUT2D eigenvalue weighted by Gasteiger charge is -2.27. The number of thioether (sulfide) groups is 1. The Labute approximate surface area is 289 Å². The van der Waals surface area contributed by atoms with Gasteiger partial charge in [-0.05, 0) is 63.7 Å².